The molecule has 59 heavy (non-hydrogen) atoms. The van der Waals surface area contributed by atoms with Crippen molar-refractivity contribution in [3.8, 4) is 22.3 Å². The number of hydrogen-bond acceptors (Lipinski definition) is 6. The molecule has 0 aliphatic carbocycles. The lowest BCUT2D eigenvalue weighted by Gasteiger charge is -2.31. The molecule has 0 aromatic heterocycles. The van der Waals surface area contributed by atoms with E-state index < -0.39 is 28.5 Å². The first kappa shape index (κ1) is 49.4. The summed E-state index contributed by atoms with van der Waals surface area (Å²) < 4.78 is 18.0. The van der Waals surface area contributed by atoms with Gasteiger partial charge in [0.2, 0.25) is 0 Å². The van der Waals surface area contributed by atoms with E-state index >= 15 is 0 Å². The molecule has 3 atom stereocenters. The Morgan fingerprint density at radius 3 is 1.31 bits per heavy atom. The molecule has 0 saturated carbocycles. The fraction of sp³-hybridized carbons (Fsp3) is 0.471. The fourth-order valence-electron chi connectivity index (χ4n) is 7.70. The van der Waals surface area contributed by atoms with E-state index in [1.54, 1.807) is 6.92 Å². The number of carbonyl (C=O) groups is 3. The standard InChI is InChI=1S/C27H38O4Si.C24H34O2Si/c1-6-30-27(29)26(21(5)20-31-32(7-2,8-3)9-4)25(28)19-22-15-17-24(18-16-22)23-13-11-10-12-14-23;1-5-27(6-2,7-3)26-19-20(4)17-24(25)18-21-13-15-23(16-14-21)22-11-9-8-10-12-22/h10-18,21,26H,6-9,19-20H2,1-5H3;8-16,20H,5-7,17-19H2,1-4H3/t21-,26?;20-/m01/s1. The van der Waals surface area contributed by atoms with Crippen molar-refractivity contribution in [2.45, 2.75) is 118 Å². The first-order chi connectivity index (χ1) is 28.4. The predicted molar refractivity (Wildman–Crippen MR) is 251 cm³/mol. The second kappa shape index (κ2) is 25.6. The van der Waals surface area contributed by atoms with Crippen molar-refractivity contribution < 1.29 is 28.0 Å². The van der Waals surface area contributed by atoms with Gasteiger partial charge in [0.05, 0.1) is 6.61 Å². The van der Waals surface area contributed by atoms with Crippen LogP contribution in [0.4, 0.5) is 0 Å². The zero-order chi connectivity index (χ0) is 43.3. The van der Waals surface area contributed by atoms with Gasteiger partial charge in [-0.05, 0) is 88.4 Å². The molecule has 0 aliphatic heterocycles. The van der Waals surface area contributed by atoms with Crippen molar-refractivity contribution in [3.05, 3.63) is 120 Å². The quantitative estimate of drug-likeness (QED) is 0.0397. The van der Waals surface area contributed by atoms with Crippen LogP contribution in [0.2, 0.25) is 36.3 Å². The highest BCUT2D eigenvalue weighted by Gasteiger charge is 2.36. The predicted octanol–water partition coefficient (Wildman–Crippen LogP) is 12.8. The Morgan fingerprint density at radius 1 is 0.508 bits per heavy atom. The second-order valence-electron chi connectivity index (χ2n) is 16.1. The number of Topliss-reactive ketones (excluding diaryl/α,β-unsaturated/α-hetero) is 2. The molecular formula is C51H72O6Si2. The minimum atomic E-state index is -1.79. The lowest BCUT2D eigenvalue weighted by molar-refractivity contribution is -0.154. The maximum Gasteiger partial charge on any atom is 0.316 e. The number of rotatable bonds is 24. The topological polar surface area (TPSA) is 78.9 Å². The fourth-order valence-corrected chi connectivity index (χ4v) is 13.2. The maximum atomic E-state index is 13.2. The van der Waals surface area contributed by atoms with Crippen LogP contribution >= 0.6 is 0 Å². The van der Waals surface area contributed by atoms with Crippen LogP contribution in [0.3, 0.4) is 0 Å². The first-order valence-corrected chi connectivity index (χ1v) is 27.2. The maximum absolute atomic E-state index is 13.2. The Kier molecular flexibility index (Phi) is 21.5. The van der Waals surface area contributed by atoms with E-state index in [4.69, 9.17) is 13.6 Å². The van der Waals surface area contributed by atoms with Gasteiger partial charge in [-0.1, -0.05) is 165 Å². The van der Waals surface area contributed by atoms with Gasteiger partial charge >= 0.3 is 5.97 Å². The van der Waals surface area contributed by atoms with Crippen LogP contribution in [0.5, 0.6) is 0 Å². The molecule has 6 nitrogen and oxygen atoms in total. The van der Waals surface area contributed by atoms with Crippen LogP contribution in [0, 0.1) is 17.8 Å². The molecule has 0 heterocycles. The van der Waals surface area contributed by atoms with E-state index in [0.29, 0.717) is 25.2 Å². The summed E-state index contributed by atoms with van der Waals surface area (Å²) in [5, 5.41) is 0. The SMILES string of the molecule is CCOC(=O)C(C(=O)Cc1ccc(-c2ccccc2)cc1)[C@@H](C)CO[Si](CC)(CC)CC.CC[Si](CC)(CC)OC[C@H](C)CC(=O)Cc1ccc(-c2ccccc2)cc1. The molecule has 1 unspecified atom stereocenters. The molecule has 0 fully saturated rings. The van der Waals surface area contributed by atoms with Crippen molar-refractivity contribution in [2.75, 3.05) is 19.8 Å². The number of esters is 1. The highest BCUT2D eigenvalue weighted by molar-refractivity contribution is 6.74. The number of ether oxygens (including phenoxy) is 1. The smallest absolute Gasteiger partial charge is 0.316 e. The molecule has 0 radical (unpaired) electrons. The first-order valence-electron chi connectivity index (χ1n) is 22.2. The number of carbonyl (C=O) groups excluding carboxylic acids is 3. The Hall–Kier alpha value is -3.96. The van der Waals surface area contributed by atoms with Crippen LogP contribution in [0.15, 0.2) is 109 Å². The van der Waals surface area contributed by atoms with Gasteiger partial charge in [-0.3, -0.25) is 14.4 Å². The monoisotopic (exact) mass is 836 g/mol. The van der Waals surface area contributed by atoms with E-state index in [0.717, 1.165) is 65.1 Å². The molecule has 0 saturated heterocycles. The Labute approximate surface area is 358 Å². The summed E-state index contributed by atoms with van der Waals surface area (Å²) in [6.45, 7) is 20.5. The molecule has 320 valence electrons. The molecule has 0 N–H and O–H groups in total. The number of hydrogen-bond donors (Lipinski definition) is 0. The molecule has 4 rings (SSSR count). The molecule has 0 amide bonds. The van der Waals surface area contributed by atoms with Gasteiger partial charge in [0.1, 0.15) is 11.7 Å². The summed E-state index contributed by atoms with van der Waals surface area (Å²) in [5.74, 6) is -0.981. The van der Waals surface area contributed by atoms with E-state index in [9.17, 15) is 14.4 Å². The van der Waals surface area contributed by atoms with E-state index in [2.05, 4.69) is 97.0 Å². The van der Waals surface area contributed by atoms with Gasteiger partial charge in [0, 0.05) is 32.5 Å². The number of ketones is 2. The Bertz CT molecular complexity index is 1790. The van der Waals surface area contributed by atoms with Crippen LogP contribution in [-0.2, 0) is 40.8 Å². The summed E-state index contributed by atoms with van der Waals surface area (Å²) >= 11 is 0. The summed E-state index contributed by atoms with van der Waals surface area (Å²) in [7, 11) is -3.35. The second-order valence-corrected chi connectivity index (χ2v) is 25.7. The molecule has 4 aromatic carbocycles. The van der Waals surface area contributed by atoms with Crippen LogP contribution < -0.4 is 0 Å². The van der Waals surface area contributed by atoms with E-state index in [1.807, 2.05) is 67.6 Å². The van der Waals surface area contributed by atoms with Gasteiger partial charge in [-0.2, -0.15) is 0 Å². The van der Waals surface area contributed by atoms with Crippen molar-refractivity contribution >= 4 is 34.2 Å². The summed E-state index contributed by atoms with van der Waals surface area (Å²) in [6, 6.07) is 43.4. The zero-order valence-corrected chi connectivity index (χ0v) is 39.6. The summed E-state index contributed by atoms with van der Waals surface area (Å²) in [5.41, 5.74) is 6.62. The van der Waals surface area contributed by atoms with Gasteiger partial charge in [0.25, 0.3) is 0 Å². The summed E-state index contributed by atoms with van der Waals surface area (Å²) in [4.78, 5) is 38.4. The molecular weight excluding hydrogens is 765 g/mol. The highest BCUT2D eigenvalue weighted by atomic mass is 28.4. The van der Waals surface area contributed by atoms with Crippen LogP contribution in [0.25, 0.3) is 22.3 Å². The Morgan fingerprint density at radius 2 is 0.898 bits per heavy atom. The van der Waals surface area contributed by atoms with Gasteiger partial charge in [-0.25, -0.2) is 0 Å². The third kappa shape index (κ3) is 15.5. The molecule has 8 heteroatoms. The molecule has 0 bridgehead atoms. The van der Waals surface area contributed by atoms with Crippen LogP contribution in [0.1, 0.15) is 79.9 Å². The largest absolute Gasteiger partial charge is 0.465 e. The van der Waals surface area contributed by atoms with Crippen molar-refractivity contribution in [1.29, 1.82) is 0 Å². The summed E-state index contributed by atoms with van der Waals surface area (Å²) in [6.07, 6.45) is 1.32. The lowest BCUT2D eigenvalue weighted by atomic mass is 9.87. The van der Waals surface area contributed by atoms with E-state index in [1.165, 1.54) is 11.1 Å². The molecule has 4 aromatic rings. The van der Waals surface area contributed by atoms with Crippen LogP contribution in [-0.4, -0.2) is 54.0 Å². The van der Waals surface area contributed by atoms with Crippen molar-refractivity contribution in [1.82, 2.24) is 0 Å². The van der Waals surface area contributed by atoms with Crippen molar-refractivity contribution in [2.24, 2.45) is 17.8 Å². The Balaban J connectivity index is 0.000000320. The van der Waals surface area contributed by atoms with Gasteiger partial charge in [0.15, 0.2) is 22.4 Å². The van der Waals surface area contributed by atoms with Gasteiger partial charge in [-0.15, -0.1) is 0 Å². The van der Waals surface area contributed by atoms with Crippen molar-refractivity contribution in [3.63, 3.8) is 0 Å². The zero-order valence-electron chi connectivity index (χ0n) is 37.6. The third-order valence-electron chi connectivity index (χ3n) is 12.1. The van der Waals surface area contributed by atoms with E-state index in [-0.39, 0.29) is 30.6 Å². The number of benzene rings is 4. The molecule has 0 spiro atoms. The third-order valence-corrected chi connectivity index (χ3v) is 21.4. The minimum absolute atomic E-state index is 0.108. The highest BCUT2D eigenvalue weighted by Crippen LogP contribution is 2.27. The molecule has 0 aliphatic rings. The minimum Gasteiger partial charge on any atom is -0.465 e. The average molecular weight is 837 g/mol. The lowest BCUT2D eigenvalue weighted by Crippen LogP contribution is -2.41. The van der Waals surface area contributed by atoms with Gasteiger partial charge < -0.3 is 13.6 Å². The normalized spacial score (nSPS) is 13.1. The average Bonchev–Trinajstić information content (AvgIpc) is 3.26.